The van der Waals surface area contributed by atoms with E-state index in [1.54, 1.807) is 20.8 Å². The fraction of sp³-hybridized carbons (Fsp3) is 1.00. The van der Waals surface area contributed by atoms with E-state index in [-0.39, 0.29) is 0 Å². The molecule has 0 N–H and O–H groups in total. The van der Waals surface area contributed by atoms with Crippen molar-refractivity contribution in [3.05, 3.63) is 0 Å². The van der Waals surface area contributed by atoms with Gasteiger partial charge in [0.25, 0.3) is 0 Å². The van der Waals surface area contributed by atoms with Crippen molar-refractivity contribution in [2.75, 3.05) is 13.2 Å². The Morgan fingerprint density at radius 2 is 1.69 bits per heavy atom. The zero-order valence-electron chi connectivity index (χ0n) is 8.02. The van der Waals surface area contributed by atoms with Crippen molar-refractivity contribution in [1.82, 2.24) is 0 Å². The van der Waals surface area contributed by atoms with E-state index >= 15 is 0 Å². The molecule has 0 aromatic carbocycles. The van der Waals surface area contributed by atoms with Crippen LogP contribution in [0.2, 0.25) is 0 Å². The van der Waals surface area contributed by atoms with Crippen LogP contribution in [0.3, 0.4) is 0 Å². The van der Waals surface area contributed by atoms with Gasteiger partial charge in [0, 0.05) is 0 Å². The normalized spacial score (nSPS) is 12.8. The van der Waals surface area contributed by atoms with Gasteiger partial charge in [0.1, 0.15) is 0 Å². The van der Waals surface area contributed by atoms with E-state index in [1.807, 2.05) is 0 Å². The fourth-order valence-electron chi connectivity index (χ4n) is 0.393. The first-order valence-electron chi connectivity index (χ1n) is 4.01. The van der Waals surface area contributed by atoms with Crippen LogP contribution in [0.5, 0.6) is 0 Å². The van der Waals surface area contributed by atoms with Gasteiger partial charge in [-0.2, -0.15) is 0 Å². The molecule has 0 bridgehead atoms. The molecule has 0 aromatic heterocycles. The summed E-state index contributed by atoms with van der Waals surface area (Å²) >= 11 is 0. The van der Waals surface area contributed by atoms with Gasteiger partial charge >= 0.3 is 7.69 Å². The number of hydrogen-bond acceptors (Lipinski definition) is 6. The predicted molar refractivity (Wildman–Crippen MR) is 42.8 cm³/mol. The molecule has 0 fully saturated rings. The van der Waals surface area contributed by atoms with Crippen LogP contribution in [0.15, 0.2) is 0 Å². The molecule has 1 radical (unpaired) electrons. The van der Waals surface area contributed by atoms with Crippen LogP contribution in [0, 0.1) is 0 Å². The SMILES string of the molecule is CCOO[B]OOC(C)OOCC. The molecule has 0 heterocycles. The van der Waals surface area contributed by atoms with E-state index in [1.165, 1.54) is 0 Å². The summed E-state index contributed by atoms with van der Waals surface area (Å²) in [6.07, 6.45) is -0.638. The Balaban J connectivity index is 3.03. The third kappa shape index (κ3) is 9.74. The van der Waals surface area contributed by atoms with Gasteiger partial charge in [0.2, 0.25) is 6.29 Å². The molecule has 0 spiro atoms. The Morgan fingerprint density at radius 1 is 1.00 bits per heavy atom. The van der Waals surface area contributed by atoms with Gasteiger partial charge < -0.3 is 0 Å². The van der Waals surface area contributed by atoms with E-state index in [0.29, 0.717) is 13.2 Å². The van der Waals surface area contributed by atoms with Crippen LogP contribution in [0.1, 0.15) is 20.8 Å². The maximum Gasteiger partial charge on any atom is 0.558 e. The van der Waals surface area contributed by atoms with Gasteiger partial charge in [-0.05, 0) is 20.8 Å². The molecule has 0 saturated heterocycles. The van der Waals surface area contributed by atoms with E-state index in [0.717, 1.165) is 7.69 Å². The molecule has 0 aromatic rings. The minimum Gasteiger partial charge on any atom is -0.264 e. The van der Waals surface area contributed by atoms with Crippen LogP contribution in [-0.4, -0.2) is 27.2 Å². The number of rotatable bonds is 9. The highest BCUT2D eigenvalue weighted by Gasteiger charge is 2.05. The molecule has 6 nitrogen and oxygen atoms in total. The van der Waals surface area contributed by atoms with Gasteiger partial charge in [0.05, 0.1) is 13.2 Å². The first-order chi connectivity index (χ1) is 6.31. The van der Waals surface area contributed by atoms with Crippen LogP contribution in [0.25, 0.3) is 0 Å². The van der Waals surface area contributed by atoms with E-state index < -0.39 is 6.29 Å². The second-order valence-corrected chi connectivity index (χ2v) is 1.86. The zero-order chi connectivity index (χ0) is 9.94. The van der Waals surface area contributed by atoms with Crippen LogP contribution < -0.4 is 0 Å². The highest BCUT2D eigenvalue weighted by atomic mass is 17.3. The lowest BCUT2D eigenvalue weighted by Gasteiger charge is -2.09. The Morgan fingerprint density at radius 3 is 2.31 bits per heavy atom. The summed E-state index contributed by atoms with van der Waals surface area (Å²) in [5, 5.41) is 0. The Hall–Kier alpha value is -0.175. The molecule has 0 aliphatic heterocycles. The summed E-state index contributed by atoms with van der Waals surface area (Å²) in [6, 6.07) is 0. The molecule has 13 heavy (non-hydrogen) atoms. The smallest absolute Gasteiger partial charge is 0.264 e. The molecule has 7 heteroatoms. The van der Waals surface area contributed by atoms with E-state index in [4.69, 9.17) is 0 Å². The van der Waals surface area contributed by atoms with Gasteiger partial charge in [-0.25, -0.2) is 14.7 Å². The molecule has 0 saturated carbocycles. The first kappa shape index (κ1) is 12.8. The molecule has 0 rings (SSSR count). The van der Waals surface area contributed by atoms with Crippen molar-refractivity contribution in [2.45, 2.75) is 27.1 Å². The minimum absolute atomic E-state index is 0.421. The van der Waals surface area contributed by atoms with Crippen LogP contribution in [0.4, 0.5) is 0 Å². The van der Waals surface area contributed by atoms with Gasteiger partial charge in [0.15, 0.2) is 0 Å². The van der Waals surface area contributed by atoms with Crippen molar-refractivity contribution in [2.24, 2.45) is 0 Å². The molecule has 0 amide bonds. The summed E-state index contributed by atoms with van der Waals surface area (Å²) in [7, 11) is 0.898. The van der Waals surface area contributed by atoms with E-state index in [2.05, 4.69) is 29.2 Å². The molecular formula is C6H14BO6. The molecular weight excluding hydrogens is 179 g/mol. The third-order valence-electron chi connectivity index (χ3n) is 0.777. The molecule has 1 unspecified atom stereocenters. The summed E-state index contributed by atoms with van der Waals surface area (Å²) in [4.78, 5) is 27.0. The van der Waals surface area contributed by atoms with Gasteiger partial charge in [-0.1, -0.05) is 0 Å². The highest BCUT2D eigenvalue weighted by Crippen LogP contribution is 1.94. The lowest BCUT2D eigenvalue weighted by atomic mass is 10.4. The molecule has 1 atom stereocenters. The van der Waals surface area contributed by atoms with Crippen molar-refractivity contribution in [1.29, 1.82) is 0 Å². The van der Waals surface area contributed by atoms with E-state index in [9.17, 15) is 0 Å². The maximum absolute atomic E-state index is 4.63. The standard InChI is InChI=1S/C6H14BO6/c1-4-8-10-6(3)11-13-7-12-9-5-2/h6H,4-5H2,1-3H3. The topological polar surface area (TPSA) is 55.4 Å². The van der Waals surface area contributed by atoms with Crippen molar-refractivity contribution in [3.8, 4) is 0 Å². The van der Waals surface area contributed by atoms with Crippen molar-refractivity contribution in [3.63, 3.8) is 0 Å². The monoisotopic (exact) mass is 193 g/mol. The summed E-state index contributed by atoms with van der Waals surface area (Å²) in [5.74, 6) is 0. The van der Waals surface area contributed by atoms with Crippen LogP contribution in [-0.2, 0) is 29.2 Å². The number of hydrogen-bond donors (Lipinski definition) is 0. The summed E-state index contributed by atoms with van der Waals surface area (Å²) in [5.41, 5.74) is 0. The van der Waals surface area contributed by atoms with Gasteiger partial charge in [-0.15, -0.1) is 0 Å². The fourth-order valence-corrected chi connectivity index (χ4v) is 0.393. The molecule has 0 aliphatic carbocycles. The largest absolute Gasteiger partial charge is 0.558 e. The second-order valence-electron chi connectivity index (χ2n) is 1.86. The predicted octanol–water partition coefficient (Wildman–Crippen LogP) is 0.751. The van der Waals surface area contributed by atoms with Crippen molar-refractivity contribution >= 4 is 7.69 Å². The Bertz CT molecular complexity index is 103. The minimum atomic E-state index is -0.638. The van der Waals surface area contributed by atoms with Gasteiger partial charge in [-0.3, -0.25) is 14.5 Å². The Labute approximate surface area is 78.1 Å². The maximum atomic E-state index is 4.63. The third-order valence-corrected chi connectivity index (χ3v) is 0.777. The zero-order valence-corrected chi connectivity index (χ0v) is 8.02. The molecule has 0 aliphatic rings. The summed E-state index contributed by atoms with van der Waals surface area (Å²) in [6.45, 7) is 6.02. The quantitative estimate of drug-likeness (QED) is 0.177. The second kappa shape index (κ2) is 9.91. The Kier molecular flexibility index (Phi) is 9.78. The lowest BCUT2D eigenvalue weighted by molar-refractivity contribution is -0.435. The molecule has 77 valence electrons. The average molecular weight is 193 g/mol. The van der Waals surface area contributed by atoms with Crippen LogP contribution >= 0.6 is 0 Å². The average Bonchev–Trinajstić information content (AvgIpc) is 2.14. The highest BCUT2D eigenvalue weighted by molar-refractivity contribution is 6.17. The van der Waals surface area contributed by atoms with Crippen molar-refractivity contribution < 1.29 is 29.2 Å². The summed E-state index contributed by atoms with van der Waals surface area (Å²) < 4.78 is 0. The lowest BCUT2D eigenvalue weighted by Crippen LogP contribution is -2.16. The first-order valence-corrected chi connectivity index (χ1v) is 4.01.